The standard InChI is InChI=1S/C13H22N4O2S/c1-4-14-13-15-7-11(8-16-13)20(18,19)17-12-6-5-9(2)10(12)3/h7-10,12,17H,4-6H2,1-3H3,(H,14,15,16). The Bertz CT molecular complexity index is 544. The van der Waals surface area contributed by atoms with E-state index in [-0.39, 0.29) is 10.9 Å². The zero-order valence-corrected chi connectivity index (χ0v) is 12.9. The summed E-state index contributed by atoms with van der Waals surface area (Å²) in [6.45, 7) is 6.88. The molecule has 0 saturated heterocycles. The fourth-order valence-corrected chi connectivity index (χ4v) is 3.75. The lowest BCUT2D eigenvalue weighted by Crippen LogP contribution is -2.37. The van der Waals surface area contributed by atoms with Gasteiger partial charge in [-0.15, -0.1) is 0 Å². The van der Waals surface area contributed by atoms with Crippen molar-refractivity contribution in [1.29, 1.82) is 0 Å². The molecule has 1 heterocycles. The molecule has 3 unspecified atom stereocenters. The molecule has 1 saturated carbocycles. The summed E-state index contributed by atoms with van der Waals surface area (Å²) in [7, 11) is -3.53. The molecule has 20 heavy (non-hydrogen) atoms. The van der Waals surface area contributed by atoms with Crippen molar-refractivity contribution in [3.63, 3.8) is 0 Å². The van der Waals surface area contributed by atoms with Crippen LogP contribution in [0.4, 0.5) is 5.95 Å². The van der Waals surface area contributed by atoms with Gasteiger partial charge in [-0.1, -0.05) is 13.8 Å². The van der Waals surface area contributed by atoms with E-state index in [2.05, 4.69) is 33.9 Å². The van der Waals surface area contributed by atoms with Crippen LogP contribution in [-0.2, 0) is 10.0 Å². The van der Waals surface area contributed by atoms with E-state index in [9.17, 15) is 8.42 Å². The van der Waals surface area contributed by atoms with Crippen LogP contribution in [-0.4, -0.2) is 31.0 Å². The minimum Gasteiger partial charge on any atom is -0.355 e. The molecule has 0 radical (unpaired) electrons. The topological polar surface area (TPSA) is 84.0 Å². The van der Waals surface area contributed by atoms with Gasteiger partial charge in [-0.3, -0.25) is 0 Å². The van der Waals surface area contributed by atoms with E-state index in [1.165, 1.54) is 12.4 Å². The molecule has 0 bridgehead atoms. The predicted octanol–water partition coefficient (Wildman–Crippen LogP) is 1.62. The first-order valence-electron chi connectivity index (χ1n) is 7.02. The number of rotatable bonds is 5. The van der Waals surface area contributed by atoms with Crippen LogP contribution in [0.5, 0.6) is 0 Å². The summed E-state index contributed by atoms with van der Waals surface area (Å²) in [5.41, 5.74) is 0. The largest absolute Gasteiger partial charge is 0.355 e. The maximum absolute atomic E-state index is 12.3. The third-order valence-corrected chi connectivity index (χ3v) is 5.49. The third-order valence-electron chi connectivity index (χ3n) is 4.05. The van der Waals surface area contributed by atoms with Gasteiger partial charge in [0.1, 0.15) is 4.90 Å². The van der Waals surface area contributed by atoms with Crippen molar-refractivity contribution >= 4 is 16.0 Å². The molecule has 1 fully saturated rings. The van der Waals surface area contributed by atoms with E-state index < -0.39 is 10.0 Å². The summed E-state index contributed by atoms with van der Waals surface area (Å²) >= 11 is 0. The Balaban J connectivity index is 2.10. The van der Waals surface area contributed by atoms with Gasteiger partial charge in [-0.25, -0.2) is 23.1 Å². The summed E-state index contributed by atoms with van der Waals surface area (Å²) in [6, 6.07) is 0.00319. The lowest BCUT2D eigenvalue weighted by molar-refractivity contribution is 0.402. The minimum absolute atomic E-state index is 0.00319. The SMILES string of the molecule is CCNc1ncc(S(=O)(=O)NC2CCC(C)C2C)cn1. The van der Waals surface area contributed by atoms with E-state index in [1.807, 2.05) is 6.92 Å². The Labute approximate surface area is 120 Å². The van der Waals surface area contributed by atoms with Crippen LogP contribution in [0.1, 0.15) is 33.6 Å². The number of hydrogen-bond donors (Lipinski definition) is 2. The first-order chi connectivity index (χ1) is 9.44. The maximum atomic E-state index is 12.3. The molecular formula is C13H22N4O2S. The Morgan fingerprint density at radius 2 is 1.90 bits per heavy atom. The number of aromatic nitrogens is 2. The fraction of sp³-hybridized carbons (Fsp3) is 0.692. The first-order valence-corrected chi connectivity index (χ1v) is 8.50. The molecule has 6 nitrogen and oxygen atoms in total. The van der Waals surface area contributed by atoms with E-state index in [4.69, 9.17) is 0 Å². The highest BCUT2D eigenvalue weighted by Gasteiger charge is 2.33. The fourth-order valence-electron chi connectivity index (χ4n) is 2.50. The van der Waals surface area contributed by atoms with Gasteiger partial charge in [0.2, 0.25) is 16.0 Å². The molecule has 1 aromatic heterocycles. The first kappa shape index (κ1) is 15.2. The molecule has 1 aliphatic carbocycles. The number of hydrogen-bond acceptors (Lipinski definition) is 5. The molecule has 0 aromatic carbocycles. The highest BCUT2D eigenvalue weighted by Crippen LogP contribution is 2.31. The van der Waals surface area contributed by atoms with Gasteiger partial charge in [-0.2, -0.15) is 0 Å². The Morgan fingerprint density at radius 1 is 1.25 bits per heavy atom. The van der Waals surface area contributed by atoms with Crippen LogP contribution in [0.2, 0.25) is 0 Å². The van der Waals surface area contributed by atoms with Gasteiger partial charge in [0.25, 0.3) is 0 Å². The second-order valence-electron chi connectivity index (χ2n) is 5.41. The van der Waals surface area contributed by atoms with Gasteiger partial charge >= 0.3 is 0 Å². The molecule has 3 atom stereocenters. The summed E-state index contributed by atoms with van der Waals surface area (Å²) in [4.78, 5) is 8.12. The van der Waals surface area contributed by atoms with E-state index in [1.54, 1.807) is 0 Å². The molecule has 0 amide bonds. The number of sulfonamides is 1. The normalized spacial score (nSPS) is 26.6. The zero-order chi connectivity index (χ0) is 14.8. The van der Waals surface area contributed by atoms with E-state index in [0.29, 0.717) is 24.3 Å². The van der Waals surface area contributed by atoms with Crippen LogP contribution >= 0.6 is 0 Å². The summed E-state index contributed by atoms with van der Waals surface area (Å²) < 4.78 is 27.4. The molecular weight excluding hydrogens is 276 g/mol. The summed E-state index contributed by atoms with van der Waals surface area (Å²) in [5.74, 6) is 1.34. The summed E-state index contributed by atoms with van der Waals surface area (Å²) in [5, 5.41) is 2.93. The molecule has 0 aliphatic heterocycles. The van der Waals surface area contributed by atoms with Crippen LogP contribution in [0.25, 0.3) is 0 Å². The van der Waals surface area contributed by atoms with Gasteiger partial charge in [0.05, 0.1) is 12.4 Å². The van der Waals surface area contributed by atoms with Crippen LogP contribution < -0.4 is 10.0 Å². The van der Waals surface area contributed by atoms with Crippen molar-refractivity contribution in [2.24, 2.45) is 11.8 Å². The maximum Gasteiger partial charge on any atom is 0.243 e. The average molecular weight is 298 g/mol. The van der Waals surface area contributed by atoms with Gasteiger partial charge < -0.3 is 5.32 Å². The van der Waals surface area contributed by atoms with Gasteiger partial charge in [0.15, 0.2) is 0 Å². The van der Waals surface area contributed by atoms with E-state index in [0.717, 1.165) is 12.8 Å². The molecule has 2 N–H and O–H groups in total. The number of anilines is 1. The number of nitrogens with one attached hydrogen (secondary N) is 2. The third kappa shape index (κ3) is 3.27. The molecule has 2 rings (SSSR count). The van der Waals surface area contributed by atoms with Crippen molar-refractivity contribution in [1.82, 2.24) is 14.7 Å². The van der Waals surface area contributed by atoms with Crippen molar-refractivity contribution in [2.75, 3.05) is 11.9 Å². The lowest BCUT2D eigenvalue weighted by atomic mass is 9.98. The van der Waals surface area contributed by atoms with Crippen molar-refractivity contribution < 1.29 is 8.42 Å². The number of nitrogens with zero attached hydrogens (tertiary/aromatic N) is 2. The lowest BCUT2D eigenvalue weighted by Gasteiger charge is -2.19. The second kappa shape index (κ2) is 6.05. The van der Waals surface area contributed by atoms with Crippen LogP contribution in [0.15, 0.2) is 17.3 Å². The second-order valence-corrected chi connectivity index (χ2v) is 7.13. The summed E-state index contributed by atoms with van der Waals surface area (Å²) in [6.07, 6.45) is 4.63. The Hall–Kier alpha value is -1.21. The average Bonchev–Trinajstić information content (AvgIpc) is 2.71. The van der Waals surface area contributed by atoms with E-state index >= 15 is 0 Å². The van der Waals surface area contributed by atoms with Crippen molar-refractivity contribution in [3.05, 3.63) is 12.4 Å². The van der Waals surface area contributed by atoms with Crippen molar-refractivity contribution in [2.45, 2.75) is 44.6 Å². The van der Waals surface area contributed by atoms with Gasteiger partial charge in [0, 0.05) is 12.6 Å². The highest BCUT2D eigenvalue weighted by molar-refractivity contribution is 7.89. The smallest absolute Gasteiger partial charge is 0.243 e. The zero-order valence-electron chi connectivity index (χ0n) is 12.1. The molecule has 0 spiro atoms. The highest BCUT2D eigenvalue weighted by atomic mass is 32.2. The van der Waals surface area contributed by atoms with Gasteiger partial charge in [-0.05, 0) is 31.6 Å². The van der Waals surface area contributed by atoms with Crippen molar-refractivity contribution in [3.8, 4) is 0 Å². The Kier molecular flexibility index (Phi) is 4.59. The predicted molar refractivity (Wildman–Crippen MR) is 77.9 cm³/mol. The minimum atomic E-state index is -3.53. The molecule has 7 heteroatoms. The Morgan fingerprint density at radius 3 is 2.40 bits per heavy atom. The van der Waals surface area contributed by atoms with Crippen LogP contribution in [0, 0.1) is 11.8 Å². The quantitative estimate of drug-likeness (QED) is 0.863. The molecule has 112 valence electrons. The monoisotopic (exact) mass is 298 g/mol. The molecule has 1 aromatic rings. The molecule has 1 aliphatic rings. The van der Waals surface area contributed by atoms with Crippen LogP contribution in [0.3, 0.4) is 0 Å².